The van der Waals surface area contributed by atoms with Gasteiger partial charge >= 0.3 is 0 Å². The number of nitrogens with zero attached hydrogens (tertiary/aromatic N) is 2. The summed E-state index contributed by atoms with van der Waals surface area (Å²) >= 11 is 6.00. The largest absolute Gasteiger partial charge is 0.383 e. The molecule has 0 amide bonds. The molecule has 1 aromatic heterocycles. The summed E-state index contributed by atoms with van der Waals surface area (Å²) in [6.07, 6.45) is 0. The average Bonchev–Trinajstić information content (AvgIpc) is 2.24. The van der Waals surface area contributed by atoms with Crippen LogP contribution < -0.4 is 5.73 Å². The lowest BCUT2D eigenvalue weighted by molar-refractivity contribution is 0.628. The highest BCUT2D eigenvalue weighted by Crippen LogP contribution is 2.30. The molecule has 0 radical (unpaired) electrons. The number of aromatic nitrogens is 2. The maximum atomic E-state index is 13.0. The van der Waals surface area contributed by atoms with Gasteiger partial charge in [-0.1, -0.05) is 11.6 Å². The Kier molecular flexibility index (Phi) is 2.98. The van der Waals surface area contributed by atoms with Gasteiger partial charge in [0.2, 0.25) is 0 Å². The Hall–Kier alpha value is -1.68. The summed E-state index contributed by atoms with van der Waals surface area (Å²) in [6, 6.07) is 4.18. The molecule has 0 fully saturated rings. The predicted molar refractivity (Wildman–Crippen MR) is 66.3 cm³/mol. The fourth-order valence-electron chi connectivity index (χ4n) is 1.59. The van der Waals surface area contributed by atoms with E-state index in [1.165, 1.54) is 12.1 Å². The van der Waals surface area contributed by atoms with Crippen LogP contribution in [0.15, 0.2) is 18.2 Å². The van der Waals surface area contributed by atoms with Gasteiger partial charge in [-0.05, 0) is 32.0 Å². The van der Waals surface area contributed by atoms with Crippen molar-refractivity contribution in [3.8, 4) is 11.3 Å². The molecule has 0 aliphatic carbocycles. The van der Waals surface area contributed by atoms with E-state index in [1.807, 2.05) is 6.92 Å². The van der Waals surface area contributed by atoms with Gasteiger partial charge in [0.1, 0.15) is 17.5 Å². The zero-order valence-electron chi connectivity index (χ0n) is 9.46. The van der Waals surface area contributed by atoms with E-state index in [0.29, 0.717) is 27.9 Å². The van der Waals surface area contributed by atoms with Crippen molar-refractivity contribution in [2.75, 3.05) is 5.73 Å². The van der Waals surface area contributed by atoms with Gasteiger partial charge in [-0.15, -0.1) is 0 Å². The number of hydrogen-bond acceptors (Lipinski definition) is 3. The molecule has 0 spiro atoms. The monoisotopic (exact) mass is 251 g/mol. The van der Waals surface area contributed by atoms with Gasteiger partial charge in [-0.3, -0.25) is 0 Å². The van der Waals surface area contributed by atoms with E-state index in [4.69, 9.17) is 17.3 Å². The average molecular weight is 252 g/mol. The van der Waals surface area contributed by atoms with Crippen molar-refractivity contribution in [3.05, 3.63) is 40.4 Å². The number of halogens is 2. The molecule has 0 unspecified atom stereocenters. The second kappa shape index (κ2) is 4.30. The minimum Gasteiger partial charge on any atom is -0.383 e. The number of rotatable bonds is 1. The standard InChI is InChI=1S/C12H11ClFN3/c1-6-11(16-7(2)17-12(6)15)9-4-3-8(14)5-10(9)13/h3-5H,1-2H3,(H2,15,16,17). The van der Waals surface area contributed by atoms with Gasteiger partial charge in [0.15, 0.2) is 0 Å². The van der Waals surface area contributed by atoms with Crippen LogP contribution in [0.3, 0.4) is 0 Å². The first-order valence-electron chi connectivity index (χ1n) is 5.05. The molecule has 1 aromatic carbocycles. The minimum atomic E-state index is -0.379. The summed E-state index contributed by atoms with van der Waals surface area (Å²) in [5.41, 5.74) is 7.80. The van der Waals surface area contributed by atoms with E-state index in [-0.39, 0.29) is 5.82 Å². The Morgan fingerprint density at radius 1 is 1.24 bits per heavy atom. The van der Waals surface area contributed by atoms with Crippen molar-refractivity contribution in [3.63, 3.8) is 0 Å². The minimum absolute atomic E-state index is 0.311. The first-order valence-corrected chi connectivity index (χ1v) is 5.43. The number of nitrogen functional groups attached to an aromatic ring is 1. The van der Waals surface area contributed by atoms with Crippen molar-refractivity contribution >= 4 is 17.4 Å². The van der Waals surface area contributed by atoms with Crippen LogP contribution in [-0.4, -0.2) is 9.97 Å². The van der Waals surface area contributed by atoms with E-state index in [2.05, 4.69) is 9.97 Å². The Morgan fingerprint density at radius 3 is 2.59 bits per heavy atom. The zero-order chi connectivity index (χ0) is 12.6. The zero-order valence-corrected chi connectivity index (χ0v) is 10.2. The van der Waals surface area contributed by atoms with Crippen LogP contribution in [0.2, 0.25) is 5.02 Å². The highest BCUT2D eigenvalue weighted by Gasteiger charge is 2.12. The molecule has 0 bridgehead atoms. The summed E-state index contributed by atoms with van der Waals surface area (Å²) in [4.78, 5) is 8.35. The van der Waals surface area contributed by atoms with E-state index in [0.717, 1.165) is 5.56 Å². The third-order valence-electron chi connectivity index (χ3n) is 2.48. The first-order chi connectivity index (χ1) is 7.99. The van der Waals surface area contributed by atoms with E-state index >= 15 is 0 Å². The lowest BCUT2D eigenvalue weighted by Crippen LogP contribution is -2.02. The molecule has 17 heavy (non-hydrogen) atoms. The van der Waals surface area contributed by atoms with Crippen molar-refractivity contribution < 1.29 is 4.39 Å². The third kappa shape index (κ3) is 2.22. The summed E-state index contributed by atoms with van der Waals surface area (Å²) < 4.78 is 13.0. The number of hydrogen-bond donors (Lipinski definition) is 1. The summed E-state index contributed by atoms with van der Waals surface area (Å²) in [6.45, 7) is 3.56. The predicted octanol–water partition coefficient (Wildman–Crippen LogP) is 3.14. The molecule has 2 N–H and O–H groups in total. The van der Waals surface area contributed by atoms with Crippen LogP contribution in [0.4, 0.5) is 10.2 Å². The topological polar surface area (TPSA) is 51.8 Å². The highest BCUT2D eigenvalue weighted by atomic mass is 35.5. The lowest BCUT2D eigenvalue weighted by Gasteiger charge is -2.09. The van der Waals surface area contributed by atoms with Gasteiger partial charge in [-0.25, -0.2) is 14.4 Å². The van der Waals surface area contributed by atoms with Gasteiger partial charge in [0.05, 0.1) is 10.7 Å². The summed E-state index contributed by atoms with van der Waals surface area (Å²) in [7, 11) is 0. The molecule has 0 atom stereocenters. The van der Waals surface area contributed by atoms with Gasteiger partial charge in [0, 0.05) is 11.1 Å². The summed E-state index contributed by atoms with van der Waals surface area (Å²) in [5.74, 6) is 0.589. The van der Waals surface area contributed by atoms with Crippen LogP contribution in [-0.2, 0) is 0 Å². The van der Waals surface area contributed by atoms with Crippen LogP contribution in [0.25, 0.3) is 11.3 Å². The van der Waals surface area contributed by atoms with Gasteiger partial charge in [-0.2, -0.15) is 0 Å². The maximum Gasteiger partial charge on any atom is 0.130 e. The Balaban J connectivity index is 2.68. The third-order valence-corrected chi connectivity index (χ3v) is 2.79. The molecule has 0 saturated heterocycles. The maximum absolute atomic E-state index is 13.0. The molecular weight excluding hydrogens is 241 g/mol. The molecule has 0 aliphatic rings. The van der Waals surface area contributed by atoms with E-state index < -0.39 is 0 Å². The van der Waals surface area contributed by atoms with E-state index in [1.54, 1.807) is 13.0 Å². The Bertz CT molecular complexity index is 584. The number of aryl methyl sites for hydroxylation is 1. The van der Waals surface area contributed by atoms with Crippen LogP contribution in [0, 0.1) is 19.7 Å². The second-order valence-electron chi connectivity index (χ2n) is 3.75. The second-order valence-corrected chi connectivity index (χ2v) is 4.16. The molecule has 0 saturated carbocycles. The summed E-state index contributed by atoms with van der Waals surface area (Å²) in [5, 5.41) is 0.311. The molecule has 88 valence electrons. The molecular formula is C12H11ClFN3. The fraction of sp³-hybridized carbons (Fsp3) is 0.167. The molecule has 2 aromatic rings. The molecule has 3 nitrogen and oxygen atoms in total. The molecule has 2 rings (SSSR count). The van der Waals surface area contributed by atoms with Crippen LogP contribution >= 0.6 is 11.6 Å². The van der Waals surface area contributed by atoms with Crippen molar-refractivity contribution in [1.82, 2.24) is 9.97 Å². The van der Waals surface area contributed by atoms with Gasteiger partial charge < -0.3 is 5.73 Å². The van der Waals surface area contributed by atoms with Gasteiger partial charge in [0.25, 0.3) is 0 Å². The normalized spacial score (nSPS) is 10.6. The van der Waals surface area contributed by atoms with E-state index in [9.17, 15) is 4.39 Å². The van der Waals surface area contributed by atoms with Crippen molar-refractivity contribution in [2.24, 2.45) is 0 Å². The smallest absolute Gasteiger partial charge is 0.130 e. The fourth-order valence-corrected chi connectivity index (χ4v) is 1.85. The Labute approximate surface area is 103 Å². The quantitative estimate of drug-likeness (QED) is 0.847. The molecule has 0 aliphatic heterocycles. The first kappa shape index (κ1) is 11.8. The van der Waals surface area contributed by atoms with Crippen molar-refractivity contribution in [2.45, 2.75) is 13.8 Å². The van der Waals surface area contributed by atoms with Crippen LogP contribution in [0.1, 0.15) is 11.4 Å². The molecule has 5 heteroatoms. The lowest BCUT2D eigenvalue weighted by atomic mass is 10.1. The Morgan fingerprint density at radius 2 is 1.94 bits per heavy atom. The highest BCUT2D eigenvalue weighted by molar-refractivity contribution is 6.33. The van der Waals surface area contributed by atoms with Crippen LogP contribution in [0.5, 0.6) is 0 Å². The van der Waals surface area contributed by atoms with Crippen molar-refractivity contribution in [1.29, 1.82) is 0 Å². The molecule has 1 heterocycles. The number of anilines is 1. The number of nitrogens with two attached hydrogens (primary N) is 1. The SMILES string of the molecule is Cc1nc(N)c(C)c(-c2ccc(F)cc2Cl)n1. The number of benzene rings is 1.